The first-order valence-electron chi connectivity index (χ1n) is 6.80. The Morgan fingerprint density at radius 1 is 0.960 bits per heavy atom. The molecule has 1 fully saturated rings. The van der Waals surface area contributed by atoms with Crippen molar-refractivity contribution in [1.29, 1.82) is 0 Å². The SMILES string of the molecule is CC(=O)O[C@H]1[C@@H](OC(C)=O)[C@H](C)O[C@@H](OP(=O)([O-])O)[C@@H]1OC(C)=O.[Na+]. The van der Waals surface area contributed by atoms with Crippen LogP contribution in [0.25, 0.3) is 0 Å². The van der Waals surface area contributed by atoms with Crippen LogP contribution in [-0.4, -0.2) is 53.5 Å². The average molecular weight is 392 g/mol. The Bertz CT molecular complexity index is 547. The van der Waals surface area contributed by atoms with Crippen LogP contribution in [0.5, 0.6) is 0 Å². The molecular formula is C12H18NaO11P. The zero-order valence-corrected chi connectivity index (χ0v) is 17.3. The number of ether oxygens (including phenoxy) is 4. The van der Waals surface area contributed by atoms with Gasteiger partial charge in [0.25, 0.3) is 7.82 Å². The van der Waals surface area contributed by atoms with Crippen molar-refractivity contribution in [2.45, 2.75) is 58.4 Å². The molecule has 25 heavy (non-hydrogen) atoms. The summed E-state index contributed by atoms with van der Waals surface area (Å²) in [4.78, 5) is 53.7. The van der Waals surface area contributed by atoms with Crippen molar-refractivity contribution in [3.63, 3.8) is 0 Å². The standard InChI is InChI=1S/C12H19O11P.Na/c1-5-9(20-6(2)13)10(21-7(3)14)11(22-8(4)15)12(19-5)23-24(16,17)18;/h5,9-12H,1-4H3,(H2,16,17,18);/q;+1/p-1/t5-,9-,10-,11+,12-;/m0./s1. The Balaban J connectivity index is 0.00000576. The van der Waals surface area contributed by atoms with Crippen molar-refractivity contribution in [3.8, 4) is 0 Å². The van der Waals surface area contributed by atoms with Crippen molar-refractivity contribution in [2.75, 3.05) is 0 Å². The van der Waals surface area contributed by atoms with Gasteiger partial charge in [0.15, 0.2) is 18.3 Å². The molecule has 1 aliphatic rings. The van der Waals surface area contributed by atoms with E-state index in [9.17, 15) is 23.8 Å². The molecule has 1 heterocycles. The average Bonchev–Trinajstić information content (AvgIpc) is 2.35. The Morgan fingerprint density at radius 2 is 1.36 bits per heavy atom. The third-order valence-electron chi connectivity index (χ3n) is 2.87. The molecule has 0 aromatic rings. The summed E-state index contributed by atoms with van der Waals surface area (Å²) < 4.78 is 35.4. The van der Waals surface area contributed by atoms with Crippen molar-refractivity contribution < 1.29 is 81.8 Å². The molecule has 1 unspecified atom stereocenters. The van der Waals surface area contributed by atoms with Crippen molar-refractivity contribution in [2.24, 2.45) is 0 Å². The van der Waals surface area contributed by atoms with E-state index in [1.165, 1.54) is 6.92 Å². The molecule has 0 radical (unpaired) electrons. The Morgan fingerprint density at radius 3 is 1.76 bits per heavy atom. The molecular weight excluding hydrogens is 374 g/mol. The number of phosphoric ester groups is 1. The molecule has 0 bridgehead atoms. The molecule has 0 aromatic heterocycles. The van der Waals surface area contributed by atoms with E-state index in [4.69, 9.17) is 23.8 Å². The second-order valence-electron chi connectivity index (χ2n) is 5.01. The van der Waals surface area contributed by atoms with E-state index < -0.39 is 56.4 Å². The molecule has 1 saturated heterocycles. The van der Waals surface area contributed by atoms with Gasteiger partial charge in [0.2, 0.25) is 6.29 Å². The van der Waals surface area contributed by atoms with E-state index in [-0.39, 0.29) is 29.6 Å². The maximum atomic E-state index is 11.3. The van der Waals surface area contributed by atoms with Gasteiger partial charge >= 0.3 is 47.5 Å². The number of hydrogen-bond acceptors (Lipinski definition) is 10. The topological polar surface area (TPSA) is 158 Å². The van der Waals surface area contributed by atoms with Gasteiger partial charge in [-0.3, -0.25) is 23.5 Å². The maximum absolute atomic E-state index is 11.3. The third-order valence-corrected chi connectivity index (χ3v) is 3.34. The van der Waals surface area contributed by atoms with E-state index in [0.29, 0.717) is 0 Å². The van der Waals surface area contributed by atoms with Crippen LogP contribution in [0.4, 0.5) is 0 Å². The molecule has 0 saturated carbocycles. The normalized spacial score (nSPS) is 31.0. The summed E-state index contributed by atoms with van der Waals surface area (Å²) in [5.74, 6) is -2.41. The minimum atomic E-state index is -5.26. The molecule has 6 atom stereocenters. The largest absolute Gasteiger partial charge is 1.00 e. The summed E-state index contributed by atoms with van der Waals surface area (Å²) in [6.45, 7) is 4.55. The maximum Gasteiger partial charge on any atom is 1.00 e. The number of carbonyl (C=O) groups is 3. The minimum absolute atomic E-state index is 0. The predicted molar refractivity (Wildman–Crippen MR) is 71.9 cm³/mol. The van der Waals surface area contributed by atoms with Crippen LogP contribution in [-0.2, 0) is 42.4 Å². The summed E-state index contributed by atoms with van der Waals surface area (Å²) in [7, 11) is -5.26. The van der Waals surface area contributed by atoms with Crippen LogP contribution in [0.15, 0.2) is 0 Å². The minimum Gasteiger partial charge on any atom is -0.756 e. The third kappa shape index (κ3) is 8.14. The van der Waals surface area contributed by atoms with E-state index in [0.717, 1.165) is 20.8 Å². The summed E-state index contributed by atoms with van der Waals surface area (Å²) in [5.41, 5.74) is 0. The Kier molecular flexibility index (Phi) is 9.77. The van der Waals surface area contributed by atoms with Crippen LogP contribution in [0, 0.1) is 0 Å². The van der Waals surface area contributed by atoms with Gasteiger partial charge in [-0.15, -0.1) is 0 Å². The molecule has 11 nitrogen and oxygen atoms in total. The summed E-state index contributed by atoms with van der Waals surface area (Å²) >= 11 is 0. The van der Waals surface area contributed by atoms with Crippen molar-refractivity contribution in [1.82, 2.24) is 0 Å². The molecule has 1 aliphatic heterocycles. The fraction of sp³-hybridized carbons (Fsp3) is 0.750. The first-order valence-corrected chi connectivity index (χ1v) is 8.29. The second kappa shape index (κ2) is 9.98. The summed E-state index contributed by atoms with van der Waals surface area (Å²) in [6.07, 6.45) is -6.99. The summed E-state index contributed by atoms with van der Waals surface area (Å²) in [5, 5.41) is 0. The molecule has 0 aliphatic carbocycles. The predicted octanol–water partition coefficient (Wildman–Crippen LogP) is -3.99. The van der Waals surface area contributed by atoms with Crippen LogP contribution in [0.2, 0.25) is 0 Å². The van der Waals surface area contributed by atoms with Gasteiger partial charge in [0, 0.05) is 20.8 Å². The Labute approximate surface area is 165 Å². The smallest absolute Gasteiger partial charge is 0.756 e. The molecule has 0 spiro atoms. The van der Waals surface area contributed by atoms with Gasteiger partial charge in [-0.25, -0.2) is 0 Å². The van der Waals surface area contributed by atoms with Gasteiger partial charge in [0.05, 0.1) is 6.10 Å². The van der Waals surface area contributed by atoms with E-state index >= 15 is 0 Å². The van der Waals surface area contributed by atoms with Crippen molar-refractivity contribution in [3.05, 3.63) is 0 Å². The number of hydrogen-bond donors (Lipinski definition) is 1. The fourth-order valence-corrected chi connectivity index (χ4v) is 2.62. The van der Waals surface area contributed by atoms with E-state index in [2.05, 4.69) is 4.52 Å². The molecule has 0 amide bonds. The zero-order chi connectivity index (χ0) is 18.7. The van der Waals surface area contributed by atoms with Gasteiger partial charge in [-0.1, -0.05) is 0 Å². The van der Waals surface area contributed by atoms with Gasteiger partial charge in [0.1, 0.15) is 0 Å². The zero-order valence-electron chi connectivity index (χ0n) is 14.4. The quantitative estimate of drug-likeness (QED) is 0.210. The van der Waals surface area contributed by atoms with Crippen LogP contribution in [0.1, 0.15) is 27.7 Å². The first-order chi connectivity index (χ1) is 10.9. The Hall–Kier alpha value is -0.520. The van der Waals surface area contributed by atoms with E-state index in [1.807, 2.05) is 0 Å². The monoisotopic (exact) mass is 392 g/mol. The number of rotatable bonds is 5. The van der Waals surface area contributed by atoms with Crippen LogP contribution in [0.3, 0.4) is 0 Å². The van der Waals surface area contributed by atoms with Gasteiger partial charge < -0.3 is 28.7 Å². The molecule has 138 valence electrons. The second-order valence-corrected chi connectivity index (χ2v) is 6.15. The molecule has 1 N–H and O–H groups in total. The van der Waals surface area contributed by atoms with Gasteiger partial charge in [-0.05, 0) is 6.92 Å². The van der Waals surface area contributed by atoms with E-state index in [1.54, 1.807) is 0 Å². The molecule has 1 rings (SSSR count). The molecule has 13 heteroatoms. The molecule has 0 aromatic carbocycles. The summed E-state index contributed by atoms with van der Waals surface area (Å²) in [6, 6.07) is 0. The first kappa shape index (κ1) is 24.5. The van der Waals surface area contributed by atoms with Crippen molar-refractivity contribution >= 4 is 25.7 Å². The van der Waals surface area contributed by atoms with Crippen LogP contribution < -0.4 is 34.5 Å². The number of esters is 3. The fourth-order valence-electron chi connectivity index (χ4n) is 2.19. The number of carbonyl (C=O) groups excluding carboxylic acids is 3. The van der Waals surface area contributed by atoms with Gasteiger partial charge in [-0.2, -0.15) is 0 Å². The van der Waals surface area contributed by atoms with Crippen LogP contribution >= 0.6 is 7.82 Å². The number of phosphoric acid groups is 1.